The Morgan fingerprint density at radius 3 is 3.13 bits per heavy atom. The number of hydrogen-bond acceptors (Lipinski definition) is 5. The average Bonchev–Trinajstić information content (AvgIpc) is 2.88. The molecule has 0 aliphatic carbocycles. The van der Waals surface area contributed by atoms with Gasteiger partial charge in [-0.1, -0.05) is 5.21 Å². The molecule has 2 N–H and O–H groups in total. The van der Waals surface area contributed by atoms with Crippen LogP contribution in [-0.2, 0) is 19.6 Å². The van der Waals surface area contributed by atoms with E-state index in [0.717, 1.165) is 12.4 Å². The zero-order chi connectivity index (χ0) is 10.5. The molecule has 7 nitrogen and oxygen atoms in total. The largest absolute Gasteiger partial charge is 0.334 e. The standard InChI is InChI=1S/C8H13N7/c1-2-15-4-3-10-8(15)6-9-5-7-11-13-14-12-7/h3-4,9H,2,5-6H2,1H3,(H,11,12,13,14). The van der Waals surface area contributed by atoms with Crippen LogP contribution < -0.4 is 5.32 Å². The molecular weight excluding hydrogens is 194 g/mol. The summed E-state index contributed by atoms with van der Waals surface area (Å²) >= 11 is 0. The second-order valence-electron chi connectivity index (χ2n) is 3.06. The van der Waals surface area contributed by atoms with Crippen molar-refractivity contribution in [1.82, 2.24) is 35.5 Å². The summed E-state index contributed by atoms with van der Waals surface area (Å²) in [6.45, 7) is 4.31. The smallest absolute Gasteiger partial charge is 0.188 e. The first-order valence-electron chi connectivity index (χ1n) is 4.83. The van der Waals surface area contributed by atoms with Gasteiger partial charge in [0.1, 0.15) is 5.82 Å². The van der Waals surface area contributed by atoms with Crippen LogP contribution in [0.2, 0.25) is 0 Å². The predicted molar refractivity (Wildman–Crippen MR) is 52.6 cm³/mol. The molecule has 0 atom stereocenters. The van der Waals surface area contributed by atoms with Gasteiger partial charge in [-0.15, -0.1) is 10.2 Å². The van der Waals surface area contributed by atoms with Gasteiger partial charge in [0.05, 0.1) is 13.1 Å². The van der Waals surface area contributed by atoms with E-state index in [2.05, 4.69) is 42.4 Å². The molecule has 0 radical (unpaired) electrons. The number of tetrazole rings is 1. The first-order valence-corrected chi connectivity index (χ1v) is 4.83. The Kier molecular flexibility index (Phi) is 3.03. The number of rotatable bonds is 5. The predicted octanol–water partition coefficient (Wildman–Crippen LogP) is -0.294. The summed E-state index contributed by atoms with van der Waals surface area (Å²) in [6, 6.07) is 0. The van der Waals surface area contributed by atoms with E-state index in [9.17, 15) is 0 Å². The van der Waals surface area contributed by atoms with Gasteiger partial charge in [-0.05, 0) is 6.92 Å². The zero-order valence-electron chi connectivity index (χ0n) is 8.51. The van der Waals surface area contributed by atoms with Crippen molar-refractivity contribution in [3.8, 4) is 0 Å². The van der Waals surface area contributed by atoms with Crippen LogP contribution in [0.15, 0.2) is 12.4 Å². The fourth-order valence-electron chi connectivity index (χ4n) is 1.34. The Morgan fingerprint density at radius 2 is 2.40 bits per heavy atom. The molecule has 0 bridgehead atoms. The second-order valence-corrected chi connectivity index (χ2v) is 3.06. The maximum Gasteiger partial charge on any atom is 0.188 e. The molecule has 7 heteroatoms. The topological polar surface area (TPSA) is 84.3 Å². The van der Waals surface area contributed by atoms with E-state index < -0.39 is 0 Å². The van der Waals surface area contributed by atoms with E-state index in [0.29, 0.717) is 18.9 Å². The molecule has 0 aliphatic rings. The minimum Gasteiger partial charge on any atom is -0.334 e. The van der Waals surface area contributed by atoms with Gasteiger partial charge in [0.2, 0.25) is 0 Å². The molecule has 2 aromatic rings. The molecule has 0 amide bonds. The van der Waals surface area contributed by atoms with Crippen molar-refractivity contribution < 1.29 is 0 Å². The van der Waals surface area contributed by atoms with Crippen LogP contribution >= 0.6 is 0 Å². The first kappa shape index (κ1) is 9.78. The summed E-state index contributed by atoms with van der Waals surface area (Å²) in [4.78, 5) is 4.24. The second kappa shape index (κ2) is 4.65. The number of hydrogen-bond donors (Lipinski definition) is 2. The zero-order valence-corrected chi connectivity index (χ0v) is 8.51. The maximum atomic E-state index is 4.24. The fourth-order valence-corrected chi connectivity index (χ4v) is 1.34. The van der Waals surface area contributed by atoms with Crippen LogP contribution in [0.3, 0.4) is 0 Å². The summed E-state index contributed by atoms with van der Waals surface area (Å²) in [5.74, 6) is 1.67. The van der Waals surface area contributed by atoms with Gasteiger partial charge in [-0.3, -0.25) is 0 Å². The molecule has 0 spiro atoms. The molecule has 0 aromatic carbocycles. The number of nitrogens with one attached hydrogen (secondary N) is 2. The van der Waals surface area contributed by atoms with Crippen molar-refractivity contribution in [2.75, 3.05) is 0 Å². The van der Waals surface area contributed by atoms with Gasteiger partial charge in [-0.25, -0.2) is 4.98 Å². The molecule has 0 saturated heterocycles. The van der Waals surface area contributed by atoms with Crippen LogP contribution in [0.4, 0.5) is 0 Å². The minimum atomic E-state index is 0.590. The third-order valence-corrected chi connectivity index (χ3v) is 2.10. The summed E-state index contributed by atoms with van der Waals surface area (Å²) in [5, 5.41) is 16.8. The Hall–Kier alpha value is -1.76. The molecule has 2 aromatic heterocycles. The normalized spacial score (nSPS) is 10.7. The van der Waals surface area contributed by atoms with Gasteiger partial charge in [0, 0.05) is 18.9 Å². The van der Waals surface area contributed by atoms with Crippen molar-refractivity contribution in [3.05, 3.63) is 24.0 Å². The SMILES string of the molecule is CCn1ccnc1CNCc1nn[nH]n1. The van der Waals surface area contributed by atoms with Crippen LogP contribution in [0, 0.1) is 0 Å². The van der Waals surface area contributed by atoms with Crippen molar-refractivity contribution in [2.45, 2.75) is 26.6 Å². The van der Waals surface area contributed by atoms with Crippen LogP contribution in [0.1, 0.15) is 18.6 Å². The number of nitrogens with zero attached hydrogens (tertiary/aromatic N) is 5. The minimum absolute atomic E-state index is 0.590. The summed E-state index contributed by atoms with van der Waals surface area (Å²) in [5.41, 5.74) is 0. The number of H-pyrrole nitrogens is 1. The number of aromatic nitrogens is 6. The van der Waals surface area contributed by atoms with Gasteiger partial charge < -0.3 is 9.88 Å². The lowest BCUT2D eigenvalue weighted by molar-refractivity contribution is 0.600. The highest BCUT2D eigenvalue weighted by Crippen LogP contribution is 1.96. The monoisotopic (exact) mass is 207 g/mol. The van der Waals surface area contributed by atoms with E-state index in [4.69, 9.17) is 0 Å². The number of imidazole rings is 1. The molecule has 0 fully saturated rings. The highest BCUT2D eigenvalue weighted by Gasteiger charge is 2.01. The highest BCUT2D eigenvalue weighted by atomic mass is 15.5. The highest BCUT2D eigenvalue weighted by molar-refractivity contribution is 4.91. The molecule has 0 aliphatic heterocycles. The van der Waals surface area contributed by atoms with Crippen molar-refractivity contribution >= 4 is 0 Å². The van der Waals surface area contributed by atoms with Crippen LogP contribution in [0.5, 0.6) is 0 Å². The molecule has 0 unspecified atom stereocenters. The van der Waals surface area contributed by atoms with Gasteiger partial charge in [0.25, 0.3) is 0 Å². The quantitative estimate of drug-likeness (QED) is 0.703. The molecule has 2 heterocycles. The van der Waals surface area contributed by atoms with E-state index >= 15 is 0 Å². The maximum absolute atomic E-state index is 4.24. The summed E-state index contributed by atoms with van der Waals surface area (Å²) < 4.78 is 2.09. The number of aryl methyl sites for hydroxylation is 1. The van der Waals surface area contributed by atoms with Gasteiger partial charge in [0.15, 0.2) is 5.82 Å². The Bertz CT molecular complexity index is 391. The molecule has 15 heavy (non-hydrogen) atoms. The Morgan fingerprint density at radius 1 is 1.47 bits per heavy atom. The number of aromatic amines is 1. The summed E-state index contributed by atoms with van der Waals surface area (Å²) in [7, 11) is 0. The molecule has 80 valence electrons. The van der Waals surface area contributed by atoms with Gasteiger partial charge in [-0.2, -0.15) is 5.21 Å². The average molecular weight is 207 g/mol. The molecule has 0 saturated carbocycles. The van der Waals surface area contributed by atoms with Crippen molar-refractivity contribution in [3.63, 3.8) is 0 Å². The van der Waals surface area contributed by atoms with Gasteiger partial charge >= 0.3 is 0 Å². The fraction of sp³-hybridized carbons (Fsp3) is 0.500. The van der Waals surface area contributed by atoms with E-state index in [1.165, 1.54) is 0 Å². The van der Waals surface area contributed by atoms with Crippen molar-refractivity contribution in [1.29, 1.82) is 0 Å². The lowest BCUT2D eigenvalue weighted by atomic mass is 10.5. The third-order valence-electron chi connectivity index (χ3n) is 2.10. The van der Waals surface area contributed by atoms with Crippen molar-refractivity contribution in [2.24, 2.45) is 0 Å². The van der Waals surface area contributed by atoms with E-state index in [-0.39, 0.29) is 0 Å². The molecule has 2 rings (SSSR count). The first-order chi connectivity index (χ1) is 7.40. The third kappa shape index (κ3) is 2.38. The Balaban J connectivity index is 1.83. The lowest BCUT2D eigenvalue weighted by Gasteiger charge is -2.04. The lowest BCUT2D eigenvalue weighted by Crippen LogP contribution is -2.17. The van der Waals surface area contributed by atoms with Crippen LogP contribution in [0.25, 0.3) is 0 Å². The van der Waals surface area contributed by atoms with E-state index in [1.807, 2.05) is 6.20 Å². The summed E-state index contributed by atoms with van der Waals surface area (Å²) in [6.07, 6.45) is 3.76. The van der Waals surface area contributed by atoms with Crippen LogP contribution in [-0.4, -0.2) is 30.2 Å². The van der Waals surface area contributed by atoms with E-state index in [1.54, 1.807) is 6.20 Å². The Labute approximate surface area is 86.9 Å². The molecular formula is C8H13N7.